The van der Waals surface area contributed by atoms with Crippen LogP contribution in [0.4, 0.5) is 5.69 Å². The van der Waals surface area contributed by atoms with Gasteiger partial charge in [-0.1, -0.05) is 54.2 Å². The Balaban J connectivity index is 1.54. The summed E-state index contributed by atoms with van der Waals surface area (Å²) in [5.41, 5.74) is 4.93. The van der Waals surface area contributed by atoms with Gasteiger partial charge in [-0.25, -0.2) is 4.98 Å². The van der Waals surface area contributed by atoms with Gasteiger partial charge in [0.05, 0.1) is 5.39 Å². The molecule has 0 saturated heterocycles. The summed E-state index contributed by atoms with van der Waals surface area (Å²) in [4.78, 5) is 33.9. The molecule has 1 aliphatic rings. The van der Waals surface area contributed by atoms with Gasteiger partial charge in [0.25, 0.3) is 5.56 Å². The van der Waals surface area contributed by atoms with Crippen molar-refractivity contribution in [2.24, 2.45) is 7.05 Å². The maximum absolute atomic E-state index is 13.6. The Labute approximate surface area is 207 Å². The second-order valence-electron chi connectivity index (χ2n) is 8.87. The molecule has 0 fully saturated rings. The van der Waals surface area contributed by atoms with E-state index in [1.807, 2.05) is 62.4 Å². The van der Waals surface area contributed by atoms with Crippen molar-refractivity contribution in [1.29, 1.82) is 0 Å². The van der Waals surface area contributed by atoms with Gasteiger partial charge in [-0.15, -0.1) is 11.3 Å². The number of carbonyl (C=O) groups excluding carboxylic acids is 1. The number of rotatable bonds is 5. The van der Waals surface area contributed by atoms with Gasteiger partial charge < -0.3 is 5.32 Å². The third-order valence-electron chi connectivity index (χ3n) is 6.37. The first kappa shape index (κ1) is 22.9. The van der Waals surface area contributed by atoms with Crippen molar-refractivity contribution in [3.8, 4) is 0 Å². The normalized spacial score (nSPS) is 14.1. The summed E-state index contributed by atoms with van der Waals surface area (Å²) < 4.78 is 1.61. The lowest BCUT2D eigenvalue weighted by molar-refractivity contribution is -0.115. The standard InChI is InChI=1S/C27H27N3O2S2/c1-16-13-14-17(2)20(15-16)28-24(31)23(18-9-5-4-6-10-18)34-27-29-25-22(26(32)30(27)3)19-11-7-8-12-21(19)33-25/h4-6,9-10,13-15,23H,7-8,11-12H2,1-3H3,(H,28,31). The highest BCUT2D eigenvalue weighted by atomic mass is 32.2. The van der Waals surface area contributed by atoms with Crippen LogP contribution in [-0.4, -0.2) is 15.5 Å². The molecule has 5 rings (SSSR count). The van der Waals surface area contributed by atoms with Crippen LogP contribution >= 0.6 is 23.1 Å². The number of anilines is 1. The first-order valence-electron chi connectivity index (χ1n) is 11.5. The van der Waals surface area contributed by atoms with Gasteiger partial charge in [0.2, 0.25) is 5.91 Å². The third kappa shape index (κ3) is 4.30. The summed E-state index contributed by atoms with van der Waals surface area (Å²) >= 11 is 2.96. The number of amides is 1. The Morgan fingerprint density at radius 1 is 1.12 bits per heavy atom. The predicted molar refractivity (Wildman–Crippen MR) is 141 cm³/mol. The fraction of sp³-hybridized carbons (Fsp3) is 0.296. The van der Waals surface area contributed by atoms with Crippen molar-refractivity contribution in [1.82, 2.24) is 9.55 Å². The molecule has 0 saturated carbocycles. The molecule has 1 atom stereocenters. The fourth-order valence-corrected chi connectivity index (χ4v) is 6.81. The van der Waals surface area contributed by atoms with E-state index in [4.69, 9.17) is 4.98 Å². The Hall–Kier alpha value is -2.90. The second-order valence-corrected chi connectivity index (χ2v) is 11.0. The summed E-state index contributed by atoms with van der Waals surface area (Å²) in [6, 6.07) is 15.7. The topological polar surface area (TPSA) is 64.0 Å². The van der Waals surface area contributed by atoms with Crippen LogP contribution in [0.3, 0.4) is 0 Å². The molecule has 1 amide bonds. The molecule has 0 aliphatic heterocycles. The predicted octanol–water partition coefficient (Wildman–Crippen LogP) is 5.96. The quantitative estimate of drug-likeness (QED) is 0.277. The van der Waals surface area contributed by atoms with Crippen molar-refractivity contribution in [3.05, 3.63) is 86.0 Å². The number of hydrogen-bond acceptors (Lipinski definition) is 5. The van der Waals surface area contributed by atoms with Crippen LogP contribution in [0.15, 0.2) is 58.5 Å². The number of carbonyl (C=O) groups is 1. The zero-order chi connectivity index (χ0) is 23.8. The minimum absolute atomic E-state index is 0.0198. The second kappa shape index (κ2) is 9.39. The maximum atomic E-state index is 13.6. The van der Waals surface area contributed by atoms with Gasteiger partial charge in [-0.3, -0.25) is 14.2 Å². The summed E-state index contributed by atoms with van der Waals surface area (Å²) in [6.45, 7) is 3.99. The van der Waals surface area contributed by atoms with Crippen LogP contribution in [0, 0.1) is 13.8 Å². The van der Waals surface area contributed by atoms with Crippen LogP contribution in [0.25, 0.3) is 10.2 Å². The highest BCUT2D eigenvalue weighted by molar-refractivity contribution is 8.00. The summed E-state index contributed by atoms with van der Waals surface area (Å²) in [5, 5.41) is 3.88. The van der Waals surface area contributed by atoms with E-state index in [1.165, 1.54) is 22.2 Å². The number of benzene rings is 2. The largest absolute Gasteiger partial charge is 0.325 e. The van der Waals surface area contributed by atoms with E-state index < -0.39 is 5.25 Å². The van der Waals surface area contributed by atoms with Crippen molar-refractivity contribution < 1.29 is 4.79 Å². The van der Waals surface area contributed by atoms with E-state index in [2.05, 4.69) is 5.32 Å². The van der Waals surface area contributed by atoms with Gasteiger partial charge in [0.1, 0.15) is 10.1 Å². The van der Waals surface area contributed by atoms with Crippen molar-refractivity contribution in [2.45, 2.75) is 49.9 Å². The van der Waals surface area contributed by atoms with E-state index >= 15 is 0 Å². The number of thiophene rings is 1. The van der Waals surface area contributed by atoms with E-state index in [-0.39, 0.29) is 11.5 Å². The number of nitrogens with zero attached hydrogens (tertiary/aromatic N) is 2. The Kier molecular flexibility index (Phi) is 6.32. The zero-order valence-electron chi connectivity index (χ0n) is 19.6. The molecule has 0 spiro atoms. The van der Waals surface area contributed by atoms with E-state index in [0.29, 0.717) is 5.16 Å². The van der Waals surface area contributed by atoms with E-state index in [0.717, 1.165) is 58.3 Å². The minimum atomic E-state index is -0.550. The number of fused-ring (bicyclic) bond motifs is 3. The summed E-state index contributed by atoms with van der Waals surface area (Å²) in [6.07, 6.45) is 4.25. The van der Waals surface area contributed by atoms with Gasteiger partial charge in [0.15, 0.2) is 5.16 Å². The number of aromatic nitrogens is 2. The Bertz CT molecular complexity index is 1440. The molecule has 0 radical (unpaired) electrons. The van der Waals surface area contributed by atoms with Crippen LogP contribution in [0.1, 0.15) is 45.2 Å². The first-order valence-corrected chi connectivity index (χ1v) is 13.2. The summed E-state index contributed by atoms with van der Waals surface area (Å²) in [5.74, 6) is -0.135. The van der Waals surface area contributed by atoms with Crippen LogP contribution in [0.2, 0.25) is 0 Å². The number of aryl methyl sites for hydroxylation is 4. The molecule has 1 unspecified atom stereocenters. The minimum Gasteiger partial charge on any atom is -0.325 e. The summed E-state index contributed by atoms with van der Waals surface area (Å²) in [7, 11) is 1.76. The lowest BCUT2D eigenvalue weighted by atomic mass is 9.97. The molecule has 4 aromatic rings. The van der Waals surface area contributed by atoms with Gasteiger partial charge >= 0.3 is 0 Å². The third-order valence-corrected chi connectivity index (χ3v) is 8.85. The number of nitrogens with one attached hydrogen (secondary N) is 1. The number of hydrogen-bond donors (Lipinski definition) is 1. The van der Waals surface area contributed by atoms with Crippen LogP contribution in [-0.2, 0) is 24.7 Å². The Morgan fingerprint density at radius 3 is 2.68 bits per heavy atom. The van der Waals surface area contributed by atoms with Crippen molar-refractivity contribution >= 4 is 44.9 Å². The van der Waals surface area contributed by atoms with Gasteiger partial charge in [-0.05, 0) is 67.9 Å². The first-order chi connectivity index (χ1) is 16.4. The highest BCUT2D eigenvalue weighted by Gasteiger charge is 2.27. The molecule has 1 N–H and O–H groups in total. The highest BCUT2D eigenvalue weighted by Crippen LogP contribution is 2.38. The molecule has 34 heavy (non-hydrogen) atoms. The van der Waals surface area contributed by atoms with Crippen molar-refractivity contribution in [3.63, 3.8) is 0 Å². The molecule has 174 valence electrons. The lowest BCUT2D eigenvalue weighted by Gasteiger charge is -2.19. The average Bonchev–Trinajstić information content (AvgIpc) is 3.21. The molecular formula is C27H27N3O2S2. The maximum Gasteiger partial charge on any atom is 0.262 e. The SMILES string of the molecule is Cc1ccc(C)c(NC(=O)C(Sc2nc3sc4c(c3c(=O)n2C)CCCC4)c2ccccc2)c1. The molecule has 1 aliphatic carbocycles. The lowest BCUT2D eigenvalue weighted by Crippen LogP contribution is -2.23. The number of thioether (sulfide) groups is 1. The van der Waals surface area contributed by atoms with Crippen LogP contribution < -0.4 is 10.9 Å². The monoisotopic (exact) mass is 489 g/mol. The molecule has 7 heteroatoms. The Morgan fingerprint density at radius 2 is 1.88 bits per heavy atom. The smallest absolute Gasteiger partial charge is 0.262 e. The molecule has 2 heterocycles. The molecule has 0 bridgehead atoms. The molecule has 5 nitrogen and oxygen atoms in total. The van der Waals surface area contributed by atoms with Crippen LogP contribution in [0.5, 0.6) is 0 Å². The van der Waals surface area contributed by atoms with Gasteiger partial charge in [-0.2, -0.15) is 0 Å². The fourth-order valence-electron chi connectivity index (χ4n) is 4.45. The van der Waals surface area contributed by atoms with Crippen molar-refractivity contribution in [2.75, 3.05) is 5.32 Å². The molecule has 2 aromatic carbocycles. The zero-order valence-corrected chi connectivity index (χ0v) is 21.2. The van der Waals surface area contributed by atoms with Gasteiger partial charge in [0, 0.05) is 17.6 Å². The molecular weight excluding hydrogens is 462 g/mol. The average molecular weight is 490 g/mol. The molecule has 2 aromatic heterocycles. The van der Waals surface area contributed by atoms with E-state index in [9.17, 15) is 9.59 Å². The van der Waals surface area contributed by atoms with E-state index in [1.54, 1.807) is 23.0 Å².